The van der Waals surface area contributed by atoms with E-state index in [1.807, 2.05) is 0 Å². The Hall–Kier alpha value is -1.23. The molecule has 1 heterocycles. The molecule has 0 unspecified atom stereocenters. The first kappa shape index (κ1) is 21.8. The van der Waals surface area contributed by atoms with E-state index < -0.39 is 5.41 Å². The molecular weight excluding hydrogens is 332 g/mol. The molecule has 0 atom stereocenters. The molecule has 25 heavy (non-hydrogen) atoms. The molecule has 0 bridgehead atoms. The van der Waals surface area contributed by atoms with Crippen molar-refractivity contribution in [3.63, 3.8) is 0 Å². The first-order valence-electron chi connectivity index (χ1n) is 9.84. The summed E-state index contributed by atoms with van der Waals surface area (Å²) in [5.74, 6) is -0.568. The zero-order valence-electron chi connectivity index (χ0n) is 15.7. The van der Waals surface area contributed by atoms with Crippen LogP contribution in [0.25, 0.3) is 0 Å². The average Bonchev–Trinajstić information content (AvgIpc) is 2.57. The van der Waals surface area contributed by atoms with Crippen molar-refractivity contribution in [3.05, 3.63) is 12.7 Å². The van der Waals surface area contributed by atoms with E-state index in [9.17, 15) is 9.59 Å². The Kier molecular flexibility index (Phi) is 10.6. The smallest absolute Gasteiger partial charge is 0.242 e. The lowest BCUT2D eigenvalue weighted by molar-refractivity contribution is -0.144. The molecule has 2 amide bonds. The summed E-state index contributed by atoms with van der Waals surface area (Å²) in [6.07, 6.45) is 16.2. The van der Waals surface area contributed by atoms with Crippen molar-refractivity contribution in [2.45, 2.75) is 90.4 Å². The van der Waals surface area contributed by atoms with Crippen LogP contribution in [0.5, 0.6) is 0 Å². The first-order valence-corrected chi connectivity index (χ1v) is 10.3. The van der Waals surface area contributed by atoms with Crippen LogP contribution in [0.3, 0.4) is 0 Å². The molecule has 1 aliphatic rings. The summed E-state index contributed by atoms with van der Waals surface area (Å²) in [5.41, 5.74) is -1.04. The van der Waals surface area contributed by atoms with E-state index >= 15 is 0 Å². The third-order valence-corrected chi connectivity index (χ3v) is 5.23. The van der Waals surface area contributed by atoms with Gasteiger partial charge in [-0.1, -0.05) is 83.6 Å². The predicted molar refractivity (Wildman–Crippen MR) is 107 cm³/mol. The first-order chi connectivity index (χ1) is 12.1. The van der Waals surface area contributed by atoms with Gasteiger partial charge in [0.25, 0.3) is 0 Å². The van der Waals surface area contributed by atoms with Crippen molar-refractivity contribution in [1.82, 2.24) is 10.6 Å². The number of carbonyl (C=O) groups excluding carboxylic acids is 2. The van der Waals surface area contributed by atoms with Gasteiger partial charge in [-0.25, -0.2) is 0 Å². The number of hydrogen-bond acceptors (Lipinski definition) is 3. The minimum atomic E-state index is -1.04. The summed E-state index contributed by atoms with van der Waals surface area (Å²) < 4.78 is 0. The van der Waals surface area contributed by atoms with E-state index in [-0.39, 0.29) is 16.9 Å². The number of allylic oxidation sites excluding steroid dienone is 1. The molecule has 0 aromatic carbocycles. The SMILES string of the molecule is C=CCC1(CCCCCCCCCCCCC)C(=O)NC(=S)NC1=O. The lowest BCUT2D eigenvalue weighted by Gasteiger charge is -2.34. The molecule has 142 valence electrons. The van der Waals surface area contributed by atoms with Crippen molar-refractivity contribution in [3.8, 4) is 0 Å². The topological polar surface area (TPSA) is 58.2 Å². The zero-order valence-corrected chi connectivity index (χ0v) is 16.5. The molecule has 1 fully saturated rings. The average molecular weight is 367 g/mol. The van der Waals surface area contributed by atoms with Gasteiger partial charge in [0.1, 0.15) is 5.41 Å². The number of hydrogen-bond donors (Lipinski definition) is 2. The molecule has 1 rings (SSSR count). The van der Waals surface area contributed by atoms with E-state index in [0.717, 1.165) is 12.8 Å². The fourth-order valence-electron chi connectivity index (χ4n) is 3.43. The zero-order chi connectivity index (χ0) is 18.5. The fraction of sp³-hybridized carbons (Fsp3) is 0.750. The maximum Gasteiger partial charge on any atom is 0.242 e. The van der Waals surface area contributed by atoms with Crippen molar-refractivity contribution in [2.75, 3.05) is 0 Å². The van der Waals surface area contributed by atoms with E-state index in [2.05, 4.69) is 24.1 Å². The Morgan fingerprint density at radius 2 is 1.32 bits per heavy atom. The van der Waals surface area contributed by atoms with Crippen LogP contribution in [0.4, 0.5) is 0 Å². The second kappa shape index (κ2) is 12.2. The third kappa shape index (κ3) is 7.27. The van der Waals surface area contributed by atoms with E-state index in [1.54, 1.807) is 6.08 Å². The molecule has 5 heteroatoms. The molecule has 2 N–H and O–H groups in total. The number of nitrogens with one attached hydrogen (secondary N) is 2. The van der Waals surface area contributed by atoms with Gasteiger partial charge in [-0.05, 0) is 25.1 Å². The lowest BCUT2D eigenvalue weighted by Crippen LogP contribution is -2.62. The predicted octanol–water partition coefficient (Wildman–Crippen LogP) is 4.78. The van der Waals surface area contributed by atoms with Gasteiger partial charge in [-0.2, -0.15) is 0 Å². The van der Waals surface area contributed by atoms with Crippen LogP contribution < -0.4 is 10.6 Å². The summed E-state index contributed by atoms with van der Waals surface area (Å²) in [6.45, 7) is 5.94. The monoisotopic (exact) mass is 366 g/mol. The quantitative estimate of drug-likeness (QED) is 0.201. The highest BCUT2D eigenvalue weighted by molar-refractivity contribution is 7.80. The highest BCUT2D eigenvalue weighted by Crippen LogP contribution is 2.32. The van der Waals surface area contributed by atoms with Crippen LogP contribution in [0.1, 0.15) is 90.4 Å². The highest BCUT2D eigenvalue weighted by atomic mass is 32.1. The van der Waals surface area contributed by atoms with Gasteiger partial charge in [0.05, 0.1) is 0 Å². The summed E-state index contributed by atoms with van der Waals surface area (Å²) in [4.78, 5) is 24.7. The fourth-order valence-corrected chi connectivity index (χ4v) is 3.62. The van der Waals surface area contributed by atoms with Crippen LogP contribution in [-0.2, 0) is 9.59 Å². The van der Waals surface area contributed by atoms with Gasteiger partial charge < -0.3 is 10.6 Å². The van der Waals surface area contributed by atoms with Gasteiger partial charge in [0.2, 0.25) is 11.8 Å². The molecule has 0 aromatic rings. The van der Waals surface area contributed by atoms with Gasteiger partial charge in [0, 0.05) is 0 Å². The number of carbonyl (C=O) groups is 2. The number of rotatable bonds is 14. The van der Waals surface area contributed by atoms with Crippen molar-refractivity contribution in [2.24, 2.45) is 5.41 Å². The number of amides is 2. The van der Waals surface area contributed by atoms with Gasteiger partial charge >= 0.3 is 0 Å². The molecule has 0 aromatic heterocycles. The second-order valence-electron chi connectivity index (χ2n) is 7.10. The largest absolute Gasteiger partial charge is 0.302 e. The maximum absolute atomic E-state index is 12.3. The third-order valence-electron chi connectivity index (χ3n) is 5.02. The van der Waals surface area contributed by atoms with Crippen LogP contribution in [0.15, 0.2) is 12.7 Å². The number of unbranched alkanes of at least 4 members (excludes halogenated alkanes) is 10. The van der Waals surface area contributed by atoms with Gasteiger partial charge in [-0.3, -0.25) is 9.59 Å². The molecule has 1 aliphatic heterocycles. The summed E-state index contributed by atoms with van der Waals surface area (Å²) in [6, 6.07) is 0. The molecular formula is C20H34N2O2S. The highest BCUT2D eigenvalue weighted by Gasteiger charge is 2.47. The van der Waals surface area contributed by atoms with Gasteiger partial charge in [-0.15, -0.1) is 6.58 Å². The van der Waals surface area contributed by atoms with Gasteiger partial charge in [0.15, 0.2) is 5.11 Å². The molecule has 4 nitrogen and oxygen atoms in total. The van der Waals surface area contributed by atoms with Crippen molar-refractivity contribution < 1.29 is 9.59 Å². The lowest BCUT2D eigenvalue weighted by atomic mass is 9.76. The Balaban J connectivity index is 2.22. The summed E-state index contributed by atoms with van der Waals surface area (Å²) in [7, 11) is 0. The molecule has 1 saturated heterocycles. The molecule has 0 spiro atoms. The van der Waals surface area contributed by atoms with E-state index in [0.29, 0.717) is 12.8 Å². The minimum absolute atomic E-state index is 0.105. The summed E-state index contributed by atoms with van der Waals surface area (Å²) >= 11 is 4.88. The molecule has 0 aliphatic carbocycles. The summed E-state index contributed by atoms with van der Waals surface area (Å²) in [5, 5.41) is 5.28. The second-order valence-corrected chi connectivity index (χ2v) is 7.51. The minimum Gasteiger partial charge on any atom is -0.302 e. The molecule has 0 radical (unpaired) electrons. The van der Waals surface area contributed by atoms with Crippen LogP contribution >= 0.6 is 12.2 Å². The maximum atomic E-state index is 12.3. The Labute approximate surface area is 158 Å². The Bertz CT molecular complexity index is 443. The Morgan fingerprint density at radius 1 is 0.880 bits per heavy atom. The molecule has 0 saturated carbocycles. The standard InChI is InChI=1S/C20H34N2O2S/c1-3-5-6-7-8-9-10-11-12-13-14-16-20(15-4-2)17(23)21-19(25)22-18(20)24/h4H,2-3,5-16H2,1H3,(H2,21,22,23,24,25). The van der Waals surface area contributed by atoms with Crippen LogP contribution in [0.2, 0.25) is 0 Å². The number of thiocarbonyl (C=S) groups is 1. The Morgan fingerprint density at radius 3 is 1.76 bits per heavy atom. The van der Waals surface area contributed by atoms with Crippen molar-refractivity contribution in [1.29, 1.82) is 0 Å². The van der Waals surface area contributed by atoms with E-state index in [1.165, 1.54) is 57.8 Å². The van der Waals surface area contributed by atoms with E-state index in [4.69, 9.17) is 12.2 Å². The van der Waals surface area contributed by atoms with Crippen LogP contribution in [-0.4, -0.2) is 16.9 Å². The van der Waals surface area contributed by atoms with Crippen LogP contribution in [0, 0.1) is 5.41 Å². The van der Waals surface area contributed by atoms with Crippen molar-refractivity contribution >= 4 is 29.1 Å². The normalized spacial score (nSPS) is 16.4.